The number of carboxylic acids is 1. The van der Waals surface area contributed by atoms with Gasteiger partial charge in [-0.2, -0.15) is 12.6 Å². The van der Waals surface area contributed by atoms with Crippen LogP contribution < -0.4 is 21.7 Å². The van der Waals surface area contributed by atoms with E-state index in [0.29, 0.717) is 0 Å². The number of hydrogen-bond acceptors (Lipinski definition) is 7. The zero-order valence-corrected chi connectivity index (χ0v) is 21.4. The molecule has 0 bridgehead atoms. The first-order chi connectivity index (χ1) is 16.9. The van der Waals surface area contributed by atoms with Gasteiger partial charge in [0.1, 0.15) is 18.1 Å². The maximum atomic E-state index is 13.0. The Morgan fingerprint density at radius 2 is 1.64 bits per heavy atom. The second-order valence-corrected chi connectivity index (χ2v) is 9.53. The molecule has 12 heteroatoms. The molecule has 0 aliphatic heterocycles. The predicted molar refractivity (Wildman–Crippen MR) is 138 cm³/mol. The summed E-state index contributed by atoms with van der Waals surface area (Å²) in [5.74, 6) is -3.60. The molecular weight excluding hydrogens is 486 g/mol. The third-order valence-electron chi connectivity index (χ3n) is 5.65. The summed E-state index contributed by atoms with van der Waals surface area (Å²) in [4.78, 5) is 52.8. The highest BCUT2D eigenvalue weighted by Crippen LogP contribution is 2.19. The van der Waals surface area contributed by atoms with Gasteiger partial charge in [0.15, 0.2) is 0 Å². The zero-order valence-electron chi connectivity index (χ0n) is 20.5. The second kappa shape index (κ2) is 13.3. The number of benzene rings is 1. The molecule has 0 saturated carbocycles. The Morgan fingerprint density at radius 1 is 1.00 bits per heavy atom. The Hall–Kier alpha value is -3.09. The number of hydrogen-bond donors (Lipinski definition) is 8. The number of carbonyl (C=O) groups excluding carboxylic acids is 3. The Balaban J connectivity index is 2.10. The van der Waals surface area contributed by atoms with Crippen molar-refractivity contribution in [3.63, 3.8) is 0 Å². The predicted octanol–water partition coefficient (Wildman–Crippen LogP) is -0.0666. The van der Waals surface area contributed by atoms with Crippen LogP contribution in [0.2, 0.25) is 0 Å². The van der Waals surface area contributed by atoms with Gasteiger partial charge in [-0.25, -0.2) is 4.79 Å². The molecule has 1 aromatic heterocycles. The molecule has 0 spiro atoms. The quantitative estimate of drug-likeness (QED) is 0.169. The van der Waals surface area contributed by atoms with Gasteiger partial charge in [-0.15, -0.1) is 0 Å². The highest BCUT2D eigenvalue weighted by Gasteiger charge is 2.32. The van der Waals surface area contributed by atoms with Crippen molar-refractivity contribution in [1.82, 2.24) is 20.9 Å². The van der Waals surface area contributed by atoms with Gasteiger partial charge in [-0.1, -0.05) is 32.0 Å². The van der Waals surface area contributed by atoms with Gasteiger partial charge in [0.2, 0.25) is 17.7 Å². The van der Waals surface area contributed by atoms with Gasteiger partial charge in [-0.05, 0) is 37.3 Å². The molecule has 1 heterocycles. The Morgan fingerprint density at radius 3 is 2.22 bits per heavy atom. The molecule has 0 radical (unpaired) electrons. The molecule has 1 aromatic carbocycles. The number of H-pyrrole nitrogens is 1. The highest BCUT2D eigenvalue weighted by atomic mass is 32.1. The summed E-state index contributed by atoms with van der Waals surface area (Å²) in [5.41, 5.74) is 7.93. The molecule has 8 N–H and O–H groups in total. The molecule has 11 nitrogen and oxygen atoms in total. The maximum Gasteiger partial charge on any atom is 0.327 e. The van der Waals surface area contributed by atoms with Crippen LogP contribution in [0.5, 0.6) is 0 Å². The minimum absolute atomic E-state index is 0.00490. The Labute approximate surface area is 215 Å². The molecule has 5 atom stereocenters. The first-order valence-electron chi connectivity index (χ1n) is 11.7. The molecule has 3 amide bonds. The van der Waals surface area contributed by atoms with E-state index >= 15 is 0 Å². The molecule has 0 aliphatic rings. The second-order valence-electron chi connectivity index (χ2n) is 9.17. The van der Waals surface area contributed by atoms with Gasteiger partial charge in [-0.3, -0.25) is 14.4 Å². The van der Waals surface area contributed by atoms with Crippen LogP contribution in [0.25, 0.3) is 10.9 Å². The lowest BCUT2D eigenvalue weighted by Crippen LogP contribution is -2.60. The average Bonchev–Trinajstić information content (AvgIpc) is 3.22. The number of fused-ring (bicyclic) bond motifs is 1. The number of para-hydroxylation sites is 1. The van der Waals surface area contributed by atoms with E-state index in [1.165, 1.54) is 6.92 Å². The van der Waals surface area contributed by atoms with Crippen LogP contribution in [0.15, 0.2) is 30.5 Å². The zero-order chi connectivity index (χ0) is 27.0. The summed E-state index contributed by atoms with van der Waals surface area (Å²) in [6.45, 7) is 5.01. The van der Waals surface area contributed by atoms with E-state index in [-0.39, 0.29) is 24.5 Å². The van der Waals surface area contributed by atoms with Crippen molar-refractivity contribution in [2.24, 2.45) is 11.7 Å². The smallest absolute Gasteiger partial charge is 0.327 e. The number of rotatable bonds is 13. The molecule has 36 heavy (non-hydrogen) atoms. The van der Waals surface area contributed by atoms with Crippen molar-refractivity contribution < 1.29 is 29.4 Å². The van der Waals surface area contributed by atoms with E-state index in [9.17, 15) is 24.3 Å². The number of nitrogens with one attached hydrogen (secondary N) is 4. The first kappa shape index (κ1) is 29.1. The van der Waals surface area contributed by atoms with Crippen LogP contribution in [0.3, 0.4) is 0 Å². The lowest BCUT2D eigenvalue weighted by molar-refractivity contribution is -0.142. The molecule has 0 fully saturated rings. The van der Waals surface area contributed by atoms with E-state index in [1.54, 1.807) is 6.20 Å². The monoisotopic (exact) mass is 521 g/mol. The molecule has 0 saturated heterocycles. The lowest BCUT2D eigenvalue weighted by Gasteiger charge is -2.27. The number of carboxylic acid groups (broad SMARTS) is 1. The van der Waals surface area contributed by atoms with Gasteiger partial charge < -0.3 is 36.9 Å². The minimum Gasteiger partial charge on any atom is -0.480 e. The molecule has 2 aromatic rings. The van der Waals surface area contributed by atoms with Crippen LogP contribution in [-0.2, 0) is 25.6 Å². The number of aromatic amines is 1. The third-order valence-corrected chi connectivity index (χ3v) is 6.02. The Bertz CT molecular complexity index is 1070. The van der Waals surface area contributed by atoms with Crippen molar-refractivity contribution in [1.29, 1.82) is 0 Å². The number of aliphatic carboxylic acids is 1. The fourth-order valence-electron chi connectivity index (χ4n) is 3.72. The molecular formula is C24H35N5O6S. The van der Waals surface area contributed by atoms with E-state index in [4.69, 9.17) is 10.8 Å². The van der Waals surface area contributed by atoms with Gasteiger partial charge >= 0.3 is 5.97 Å². The van der Waals surface area contributed by atoms with E-state index in [1.807, 2.05) is 38.1 Å². The number of nitrogens with two attached hydrogens (primary N) is 1. The number of aliphatic hydroxyl groups excluding tert-OH is 1. The number of thiol groups is 1. The van der Waals surface area contributed by atoms with Gasteiger partial charge in [0.25, 0.3) is 0 Å². The third kappa shape index (κ3) is 7.97. The van der Waals surface area contributed by atoms with Crippen molar-refractivity contribution >= 4 is 47.2 Å². The van der Waals surface area contributed by atoms with Crippen LogP contribution in [-0.4, -0.2) is 74.9 Å². The minimum atomic E-state index is -1.44. The highest BCUT2D eigenvalue weighted by molar-refractivity contribution is 7.80. The largest absolute Gasteiger partial charge is 0.480 e. The van der Waals surface area contributed by atoms with Crippen molar-refractivity contribution in [2.75, 3.05) is 5.75 Å². The fourth-order valence-corrected chi connectivity index (χ4v) is 3.97. The first-order valence-corrected chi connectivity index (χ1v) is 12.3. The van der Waals surface area contributed by atoms with Crippen LogP contribution >= 0.6 is 12.6 Å². The fraction of sp³-hybridized carbons (Fsp3) is 0.500. The van der Waals surface area contributed by atoms with Gasteiger partial charge in [0.05, 0.1) is 12.1 Å². The Kier molecular flexibility index (Phi) is 10.8. The summed E-state index contributed by atoms with van der Waals surface area (Å²) in [6.07, 6.45) is 0.949. The number of aromatic nitrogens is 1. The number of aliphatic hydroxyl groups is 1. The maximum absolute atomic E-state index is 13.0. The summed E-state index contributed by atoms with van der Waals surface area (Å²) in [7, 11) is 0. The van der Waals surface area contributed by atoms with Crippen LogP contribution in [0.1, 0.15) is 32.8 Å². The molecule has 2 rings (SSSR count). The van der Waals surface area contributed by atoms with E-state index in [0.717, 1.165) is 16.5 Å². The van der Waals surface area contributed by atoms with Crippen molar-refractivity contribution in [2.45, 2.75) is 63.9 Å². The van der Waals surface area contributed by atoms with Gasteiger partial charge in [0, 0.05) is 22.9 Å². The topological polar surface area (TPSA) is 187 Å². The normalized spacial score (nSPS) is 15.5. The summed E-state index contributed by atoms with van der Waals surface area (Å²) < 4.78 is 0. The number of carbonyl (C=O) groups is 4. The summed E-state index contributed by atoms with van der Waals surface area (Å²) >= 11 is 3.89. The average molecular weight is 522 g/mol. The molecule has 198 valence electrons. The number of amides is 3. The van der Waals surface area contributed by atoms with Crippen LogP contribution in [0.4, 0.5) is 0 Å². The van der Waals surface area contributed by atoms with Crippen molar-refractivity contribution in [3.8, 4) is 0 Å². The lowest BCUT2D eigenvalue weighted by atomic mass is 10.0. The molecule has 0 aliphatic carbocycles. The summed E-state index contributed by atoms with van der Waals surface area (Å²) in [5, 5.41) is 27.5. The summed E-state index contributed by atoms with van der Waals surface area (Å²) in [6, 6.07) is 2.92. The van der Waals surface area contributed by atoms with E-state index < -0.39 is 54.0 Å². The SMILES string of the molecule is CC(C)CC(NC(=O)C(N)Cc1c[nH]c2ccccc12)C(=O)NC(C(=O)NC(CS)C(=O)O)C(C)O. The van der Waals surface area contributed by atoms with E-state index in [2.05, 4.69) is 33.6 Å². The molecule has 5 unspecified atom stereocenters. The standard InChI is InChI=1S/C24H35N5O6S/c1-12(2)8-18(22(32)29-20(13(3)30)23(33)28-19(11-36)24(34)35)27-21(31)16(25)9-14-10-26-17-7-5-4-6-15(14)17/h4-7,10,12-13,16,18-20,26,30,36H,8-9,11,25H2,1-3H3,(H,27,31)(H,28,33)(H,29,32)(H,34,35). The van der Waals surface area contributed by atoms with Crippen molar-refractivity contribution in [3.05, 3.63) is 36.0 Å². The van der Waals surface area contributed by atoms with Crippen LogP contribution in [0, 0.1) is 5.92 Å².